The van der Waals surface area contributed by atoms with Gasteiger partial charge in [-0.1, -0.05) is 0 Å². The van der Waals surface area contributed by atoms with Crippen molar-refractivity contribution in [2.45, 2.75) is 222 Å². The molecule has 3 aliphatic heterocycles. The van der Waals surface area contributed by atoms with E-state index in [1.165, 1.54) is 33.9 Å². The molecule has 19 N–H and O–H groups in total. The van der Waals surface area contributed by atoms with Gasteiger partial charge in [0.15, 0.2) is 18.9 Å². The molecular formula is C67H117N11O28. The van der Waals surface area contributed by atoms with Gasteiger partial charge in [-0.2, -0.15) is 0 Å². The Kier molecular flexibility index (Phi) is 47.3. The number of aliphatic hydroxyl groups excluding tert-OH is 8. The van der Waals surface area contributed by atoms with Crippen LogP contribution in [0.2, 0.25) is 0 Å². The molecule has 39 nitrogen and oxygen atoms in total. The summed E-state index contributed by atoms with van der Waals surface area (Å²) >= 11 is 0. The number of aliphatic hydroxyl groups is 8. The van der Waals surface area contributed by atoms with E-state index in [2.05, 4.69) is 58.5 Å². The lowest BCUT2D eigenvalue weighted by atomic mass is 9.97. The van der Waals surface area contributed by atoms with E-state index in [-0.39, 0.29) is 198 Å². The highest BCUT2D eigenvalue weighted by atomic mass is 16.7. The van der Waals surface area contributed by atoms with Gasteiger partial charge >= 0.3 is 0 Å². The van der Waals surface area contributed by atoms with Gasteiger partial charge in [-0.05, 0) is 70.3 Å². The predicted molar refractivity (Wildman–Crippen MR) is 371 cm³/mol. The third kappa shape index (κ3) is 38.7. The monoisotopic (exact) mass is 1520 g/mol. The molecule has 2 fully saturated rings. The molecule has 39 heteroatoms. The van der Waals surface area contributed by atoms with Crippen LogP contribution in [-0.2, 0) is 95.4 Å². The fraction of sp³-hybridized carbons (Fsp3) is 0.806. The maximum Gasteiger partial charge on any atom is 0.222 e. The smallest absolute Gasteiger partial charge is 0.222 e. The fourth-order valence-electron chi connectivity index (χ4n) is 10.9. The molecule has 106 heavy (non-hydrogen) atoms. The second kappa shape index (κ2) is 53.8. The Labute approximate surface area is 616 Å². The van der Waals surface area contributed by atoms with Crippen LogP contribution >= 0.6 is 0 Å². The SMILES string of the molecule is CNC(=O)CCCC(=O)NC(COCCC(=O)NCCCNC(=O)CCCCO[C@@H]1OC(CO)C(O)=C[C@@H]1NC(C)=O)(COCCC(=O)NCCCNC(=O)CCCCO[C@@H]1OC(CO)[C@H](O)C(O)[C@@H]1NC(C)=O)COCCC(=O)NCCCNC(=O)CCCCO[C@@H]1OC(CO)[C@H](O)C(O)[C@@H]1NC(C)=O. The highest BCUT2D eigenvalue weighted by Crippen LogP contribution is 2.25. The van der Waals surface area contributed by atoms with Gasteiger partial charge in [-0.3, -0.25) is 52.7 Å². The summed E-state index contributed by atoms with van der Waals surface area (Å²) in [4.78, 5) is 137. The number of amides is 11. The van der Waals surface area contributed by atoms with Crippen LogP contribution in [0.1, 0.15) is 136 Å². The van der Waals surface area contributed by atoms with Crippen molar-refractivity contribution in [3.8, 4) is 0 Å². The third-order valence-corrected chi connectivity index (χ3v) is 16.6. The van der Waals surface area contributed by atoms with Gasteiger partial charge in [0.1, 0.15) is 72.2 Å². The van der Waals surface area contributed by atoms with Crippen LogP contribution in [0.5, 0.6) is 0 Å². The zero-order valence-electron chi connectivity index (χ0n) is 61.3. The van der Waals surface area contributed by atoms with Crippen LogP contribution in [0.3, 0.4) is 0 Å². The van der Waals surface area contributed by atoms with Gasteiger partial charge in [-0.25, -0.2) is 0 Å². The molecule has 0 bridgehead atoms. The summed E-state index contributed by atoms with van der Waals surface area (Å²) in [5.74, 6) is -4.31. The molecule has 0 aliphatic carbocycles. The van der Waals surface area contributed by atoms with Crippen molar-refractivity contribution in [2.24, 2.45) is 0 Å². The molecule has 0 aromatic heterocycles. The van der Waals surface area contributed by atoms with Crippen molar-refractivity contribution >= 4 is 65.0 Å². The summed E-state index contributed by atoms with van der Waals surface area (Å²) in [5, 5.41) is 110. The maximum absolute atomic E-state index is 13.6. The number of carbonyl (C=O) groups excluding carboxylic acids is 11. The van der Waals surface area contributed by atoms with Gasteiger partial charge in [-0.15, -0.1) is 0 Å². The molecule has 608 valence electrons. The minimum absolute atomic E-state index is 0.0429. The molecule has 0 saturated carbocycles. The second-order valence-electron chi connectivity index (χ2n) is 25.8. The number of carbonyl (C=O) groups is 11. The number of hydrogen-bond donors (Lipinski definition) is 19. The van der Waals surface area contributed by atoms with Gasteiger partial charge in [0, 0.05) is 138 Å². The largest absolute Gasteiger partial charge is 0.510 e. The second-order valence-corrected chi connectivity index (χ2v) is 25.8. The van der Waals surface area contributed by atoms with Crippen LogP contribution in [0, 0.1) is 0 Å². The summed E-state index contributed by atoms with van der Waals surface area (Å²) in [7, 11) is 1.46. The van der Waals surface area contributed by atoms with Crippen molar-refractivity contribution in [1.29, 1.82) is 0 Å². The molecule has 3 rings (SSSR count). The van der Waals surface area contributed by atoms with Gasteiger partial charge in [0.25, 0.3) is 0 Å². The van der Waals surface area contributed by atoms with Crippen LogP contribution in [0.4, 0.5) is 0 Å². The Morgan fingerprint density at radius 1 is 0.396 bits per heavy atom. The Hall–Kier alpha value is -6.93. The van der Waals surface area contributed by atoms with Crippen molar-refractivity contribution < 1.29 is 136 Å². The molecule has 0 radical (unpaired) electrons. The van der Waals surface area contributed by atoms with E-state index < -0.39 is 135 Å². The van der Waals surface area contributed by atoms with Crippen LogP contribution in [0.25, 0.3) is 0 Å². The first-order chi connectivity index (χ1) is 50.7. The number of hydrogen-bond acceptors (Lipinski definition) is 28. The van der Waals surface area contributed by atoms with E-state index in [1.54, 1.807) is 0 Å². The van der Waals surface area contributed by atoms with Crippen molar-refractivity contribution in [1.82, 2.24) is 58.5 Å². The Morgan fingerprint density at radius 2 is 0.736 bits per heavy atom. The van der Waals surface area contributed by atoms with Crippen LogP contribution < -0.4 is 58.5 Å². The summed E-state index contributed by atoms with van der Waals surface area (Å²) in [6.45, 7) is 2.42. The summed E-state index contributed by atoms with van der Waals surface area (Å²) in [6.07, 6.45) is -7.21. The quantitative estimate of drug-likeness (QED) is 0.0252. The van der Waals surface area contributed by atoms with E-state index in [0.29, 0.717) is 57.8 Å². The van der Waals surface area contributed by atoms with E-state index >= 15 is 0 Å². The average Bonchev–Trinajstić information content (AvgIpc) is 0.819. The number of ether oxygens (including phenoxy) is 9. The molecule has 13 atom stereocenters. The zero-order chi connectivity index (χ0) is 78.2. The molecule has 3 aliphatic rings. The Bertz CT molecular complexity index is 2590. The van der Waals surface area contributed by atoms with Gasteiger partial charge in [0.05, 0.1) is 59.5 Å². The molecule has 5 unspecified atom stereocenters. The van der Waals surface area contributed by atoms with Gasteiger partial charge in [0.2, 0.25) is 65.0 Å². The highest BCUT2D eigenvalue weighted by molar-refractivity contribution is 5.80. The summed E-state index contributed by atoms with van der Waals surface area (Å²) < 4.78 is 51.8. The Morgan fingerprint density at radius 3 is 1.08 bits per heavy atom. The van der Waals surface area contributed by atoms with Crippen LogP contribution in [-0.4, -0.2) is 317 Å². The van der Waals surface area contributed by atoms with Crippen molar-refractivity contribution in [3.63, 3.8) is 0 Å². The molecule has 2 saturated heterocycles. The standard InChI is InChI=1S/C67H117N11O28/c1-42(82)75-45-35-46(85)47(36-79)104-64(45)101-29-8-5-15-51(87)69-23-12-26-72-54(90)20-32-98-39-67(78-57(93)19-11-18-50(86)68-4,40-99-33-21-55(91)73-27-13-24-70-52(88)16-6-9-30-102-65-58(76-43(2)83)62(96)60(94)48(37-80)105-65)41-100-34-22-56(92)74-28-14-25-71-53(89)17-7-10-31-103-66-59(77-44(3)84)63(97)61(95)49(38-81)106-66/h35,45,47-49,58-66,79-81,85,94-97H,5-34,36-41H2,1-4H3,(H,68,86)(H,69,87)(H,70,88)(H,71,89)(H,72,90)(H,73,91)(H,74,92)(H,75,82)(H,76,83)(H,77,84)(H,78,93)/t45-,47?,48?,49?,58-,59-,60-,61-,62?,63?,64+,65+,66+,67?/m0/s1. The van der Waals surface area contributed by atoms with E-state index in [0.717, 1.165) is 0 Å². The number of nitrogens with one attached hydrogen (secondary N) is 11. The summed E-state index contributed by atoms with van der Waals surface area (Å²) in [5.41, 5.74) is -1.47. The number of rotatable bonds is 56. The van der Waals surface area contributed by atoms with Crippen molar-refractivity contribution in [3.05, 3.63) is 11.8 Å². The minimum atomic E-state index is -1.47. The van der Waals surface area contributed by atoms with E-state index in [4.69, 9.17) is 42.6 Å². The lowest BCUT2D eigenvalue weighted by Crippen LogP contribution is -2.64. The first kappa shape index (κ1) is 93.3. The lowest BCUT2D eigenvalue weighted by Gasteiger charge is -2.42. The Balaban J connectivity index is 1.50. The van der Waals surface area contributed by atoms with Crippen molar-refractivity contribution in [2.75, 3.05) is 126 Å². The third-order valence-electron chi connectivity index (χ3n) is 16.6. The minimum Gasteiger partial charge on any atom is -0.510 e. The molecule has 3 heterocycles. The molecular weight excluding hydrogens is 1410 g/mol. The topological polar surface area (TPSA) is 565 Å². The summed E-state index contributed by atoms with van der Waals surface area (Å²) in [6, 6.07) is -2.97. The first-order valence-electron chi connectivity index (χ1n) is 36.2. The lowest BCUT2D eigenvalue weighted by molar-refractivity contribution is -0.270. The normalized spacial score (nSPS) is 23.3. The van der Waals surface area contributed by atoms with Gasteiger partial charge < -0.3 is 142 Å². The van der Waals surface area contributed by atoms with Crippen LogP contribution in [0.15, 0.2) is 11.8 Å². The van der Waals surface area contributed by atoms with E-state index in [1.807, 2.05) is 0 Å². The maximum atomic E-state index is 13.6. The number of unbranched alkanes of at least 4 members (excludes halogenated alkanes) is 3. The fourth-order valence-corrected chi connectivity index (χ4v) is 10.9. The average molecular weight is 1520 g/mol. The molecule has 0 aromatic rings. The first-order valence-corrected chi connectivity index (χ1v) is 36.2. The molecule has 0 spiro atoms. The van der Waals surface area contributed by atoms with E-state index in [9.17, 15) is 93.6 Å². The molecule has 0 aromatic carbocycles. The molecule has 11 amide bonds. The predicted octanol–water partition coefficient (Wildman–Crippen LogP) is -6.04. The zero-order valence-corrected chi connectivity index (χ0v) is 61.3. The highest BCUT2D eigenvalue weighted by Gasteiger charge is 2.47.